The number of carbonyl (C=O) groups is 2. The fourth-order valence-electron chi connectivity index (χ4n) is 4.61. The Hall–Kier alpha value is -2.42. The Labute approximate surface area is 238 Å². The third-order valence-electron chi connectivity index (χ3n) is 6.48. The maximum absolute atomic E-state index is 13.8. The smallest absolute Gasteiger partial charge is 0.249 e. The molecule has 1 unspecified atom stereocenters. The molecular weight excluding hydrogens is 543 g/mol. The van der Waals surface area contributed by atoms with Crippen LogP contribution in [0.5, 0.6) is 0 Å². The van der Waals surface area contributed by atoms with Crippen molar-refractivity contribution >= 4 is 46.4 Å². The van der Waals surface area contributed by atoms with Gasteiger partial charge in [-0.3, -0.25) is 9.59 Å². The molecule has 0 aliphatic carbocycles. The van der Waals surface area contributed by atoms with Gasteiger partial charge in [-0.1, -0.05) is 59.6 Å². The number of hydrogen-bond donors (Lipinski definition) is 0. The Morgan fingerprint density at radius 1 is 1.08 bits per heavy atom. The van der Waals surface area contributed by atoms with E-state index in [9.17, 15) is 9.59 Å². The summed E-state index contributed by atoms with van der Waals surface area (Å²) in [6.45, 7) is 4.19. The first-order chi connectivity index (χ1) is 18.5. The van der Waals surface area contributed by atoms with Gasteiger partial charge in [-0.2, -0.15) is 0 Å². The lowest BCUT2D eigenvalue weighted by Crippen LogP contribution is -2.47. The van der Waals surface area contributed by atoms with E-state index in [0.717, 1.165) is 23.1 Å². The summed E-state index contributed by atoms with van der Waals surface area (Å²) in [5.41, 5.74) is 2.88. The molecule has 1 atom stereocenters. The molecule has 0 N–H and O–H groups in total. The predicted octanol–water partition coefficient (Wildman–Crippen LogP) is 6.00. The second kappa shape index (κ2) is 14.1. The topological polar surface area (TPSA) is 59.1 Å². The van der Waals surface area contributed by atoms with Gasteiger partial charge < -0.3 is 19.3 Å². The lowest BCUT2D eigenvalue weighted by atomic mass is 9.93. The van der Waals surface area contributed by atoms with Crippen LogP contribution in [0.1, 0.15) is 41.0 Å². The second-order valence-corrected chi connectivity index (χ2v) is 10.9. The number of hydrogen-bond acceptors (Lipinski definition) is 5. The number of fused-ring (bicyclic) bond motifs is 1. The summed E-state index contributed by atoms with van der Waals surface area (Å²) >= 11 is 14.5. The van der Waals surface area contributed by atoms with Crippen LogP contribution in [0, 0.1) is 0 Å². The molecule has 202 valence electrons. The van der Waals surface area contributed by atoms with Crippen molar-refractivity contribution in [2.24, 2.45) is 0 Å². The number of halogens is 2. The molecule has 1 aliphatic rings. The Bertz CT molecular complexity index is 1220. The van der Waals surface area contributed by atoms with Gasteiger partial charge in [-0.25, -0.2) is 0 Å². The first-order valence-electron chi connectivity index (χ1n) is 12.8. The average molecular weight is 576 g/mol. The SMILES string of the molecule is CCOCCCN(CC(=O)N1CCc2sccc2C1c1ccc(Cl)cc1Cl)C(=O)COCc1ccccc1. The normalized spacial score (nSPS) is 14.8. The number of benzene rings is 2. The van der Waals surface area contributed by atoms with Crippen molar-refractivity contribution in [2.45, 2.75) is 32.4 Å². The average Bonchev–Trinajstić information content (AvgIpc) is 3.40. The minimum atomic E-state index is -0.336. The van der Waals surface area contributed by atoms with Gasteiger partial charge in [0.2, 0.25) is 11.8 Å². The van der Waals surface area contributed by atoms with Crippen molar-refractivity contribution in [1.82, 2.24) is 9.80 Å². The van der Waals surface area contributed by atoms with E-state index in [2.05, 4.69) is 6.07 Å². The third-order valence-corrected chi connectivity index (χ3v) is 8.04. The maximum Gasteiger partial charge on any atom is 0.249 e. The molecule has 0 fully saturated rings. The summed E-state index contributed by atoms with van der Waals surface area (Å²) in [4.78, 5) is 31.6. The van der Waals surface area contributed by atoms with Gasteiger partial charge in [0, 0.05) is 41.2 Å². The molecule has 0 saturated carbocycles. The molecule has 6 nitrogen and oxygen atoms in total. The van der Waals surface area contributed by atoms with Crippen LogP contribution in [0.2, 0.25) is 10.0 Å². The lowest BCUT2D eigenvalue weighted by Gasteiger charge is -2.38. The summed E-state index contributed by atoms with van der Waals surface area (Å²) in [6.07, 6.45) is 1.39. The Morgan fingerprint density at radius 2 is 1.89 bits per heavy atom. The Kier molecular flexibility index (Phi) is 10.6. The monoisotopic (exact) mass is 574 g/mol. The molecule has 0 spiro atoms. The molecule has 0 saturated heterocycles. The number of ether oxygens (including phenoxy) is 2. The zero-order valence-electron chi connectivity index (χ0n) is 21.4. The van der Waals surface area contributed by atoms with Crippen LogP contribution in [0.3, 0.4) is 0 Å². The van der Waals surface area contributed by atoms with E-state index in [0.29, 0.717) is 49.4 Å². The van der Waals surface area contributed by atoms with Crippen LogP contribution in [0.15, 0.2) is 60.0 Å². The summed E-state index contributed by atoms with van der Waals surface area (Å²) in [5.74, 6) is -0.356. The van der Waals surface area contributed by atoms with Crippen molar-refractivity contribution in [1.29, 1.82) is 0 Å². The molecule has 2 amide bonds. The number of carbonyl (C=O) groups excluding carboxylic acids is 2. The van der Waals surface area contributed by atoms with E-state index in [1.54, 1.807) is 28.4 Å². The lowest BCUT2D eigenvalue weighted by molar-refractivity contribution is -0.144. The van der Waals surface area contributed by atoms with Crippen molar-refractivity contribution in [2.75, 3.05) is 39.5 Å². The van der Waals surface area contributed by atoms with E-state index >= 15 is 0 Å². The van der Waals surface area contributed by atoms with E-state index in [4.69, 9.17) is 32.7 Å². The largest absolute Gasteiger partial charge is 0.382 e. The molecule has 1 aliphatic heterocycles. The second-order valence-electron chi connectivity index (χ2n) is 9.05. The van der Waals surface area contributed by atoms with Gasteiger partial charge in [-0.15, -0.1) is 11.3 Å². The van der Waals surface area contributed by atoms with Crippen LogP contribution in [0.25, 0.3) is 0 Å². The fraction of sp³-hybridized carbons (Fsp3) is 0.379. The van der Waals surface area contributed by atoms with Crippen molar-refractivity contribution < 1.29 is 19.1 Å². The van der Waals surface area contributed by atoms with E-state index in [-0.39, 0.29) is 31.0 Å². The Morgan fingerprint density at radius 3 is 2.66 bits per heavy atom. The van der Waals surface area contributed by atoms with Crippen molar-refractivity contribution in [3.8, 4) is 0 Å². The first kappa shape index (κ1) is 28.6. The van der Waals surface area contributed by atoms with Crippen LogP contribution in [0.4, 0.5) is 0 Å². The molecule has 38 heavy (non-hydrogen) atoms. The molecule has 3 aromatic rings. The standard InChI is InChI=1S/C29H32Cl2N2O4S/c1-2-36-15-6-13-32(28(35)20-37-19-21-7-4-3-5-8-21)18-27(34)33-14-11-26-24(12-16-38-26)29(33)23-10-9-22(30)17-25(23)31/h3-5,7-10,12,16-17,29H,2,6,11,13-15,18-20H2,1H3. The van der Waals surface area contributed by atoms with Crippen LogP contribution >= 0.6 is 34.5 Å². The molecule has 2 aromatic carbocycles. The fourth-order valence-corrected chi connectivity index (χ4v) is 6.03. The molecule has 9 heteroatoms. The highest BCUT2D eigenvalue weighted by Gasteiger charge is 2.35. The van der Waals surface area contributed by atoms with Gasteiger partial charge in [0.05, 0.1) is 19.2 Å². The molecule has 4 rings (SSSR count). The molecule has 2 heterocycles. The highest BCUT2D eigenvalue weighted by Crippen LogP contribution is 2.41. The van der Waals surface area contributed by atoms with Gasteiger partial charge in [-0.05, 0) is 60.0 Å². The maximum atomic E-state index is 13.8. The minimum absolute atomic E-state index is 0.0408. The summed E-state index contributed by atoms with van der Waals surface area (Å²) in [6, 6.07) is 16.8. The number of thiophene rings is 1. The zero-order valence-corrected chi connectivity index (χ0v) is 23.7. The minimum Gasteiger partial charge on any atom is -0.382 e. The highest BCUT2D eigenvalue weighted by molar-refractivity contribution is 7.10. The van der Waals surface area contributed by atoms with Crippen molar-refractivity contribution in [3.63, 3.8) is 0 Å². The first-order valence-corrected chi connectivity index (χ1v) is 14.4. The molecule has 1 aromatic heterocycles. The van der Waals surface area contributed by atoms with Crippen LogP contribution in [-0.2, 0) is 32.1 Å². The highest BCUT2D eigenvalue weighted by atomic mass is 35.5. The number of amides is 2. The summed E-state index contributed by atoms with van der Waals surface area (Å²) in [7, 11) is 0. The van der Waals surface area contributed by atoms with Crippen LogP contribution < -0.4 is 0 Å². The third kappa shape index (κ3) is 7.36. The predicted molar refractivity (Wildman–Crippen MR) is 152 cm³/mol. The molecule has 0 bridgehead atoms. The van der Waals surface area contributed by atoms with E-state index in [1.807, 2.05) is 53.6 Å². The quantitative estimate of drug-likeness (QED) is 0.249. The number of rotatable bonds is 12. The van der Waals surface area contributed by atoms with E-state index < -0.39 is 0 Å². The Balaban J connectivity index is 1.49. The molecular formula is C29H32Cl2N2O4S. The summed E-state index contributed by atoms with van der Waals surface area (Å²) < 4.78 is 11.2. The van der Waals surface area contributed by atoms with Gasteiger partial charge >= 0.3 is 0 Å². The zero-order chi connectivity index (χ0) is 26.9. The van der Waals surface area contributed by atoms with Gasteiger partial charge in [0.1, 0.15) is 6.61 Å². The van der Waals surface area contributed by atoms with E-state index in [1.165, 1.54) is 4.88 Å². The van der Waals surface area contributed by atoms with Crippen LogP contribution in [-0.4, -0.2) is 61.1 Å². The number of nitrogens with zero attached hydrogens (tertiary/aromatic N) is 2. The van der Waals surface area contributed by atoms with Crippen molar-refractivity contribution in [3.05, 3.63) is 91.6 Å². The van der Waals surface area contributed by atoms with Gasteiger partial charge in [0.25, 0.3) is 0 Å². The molecule has 0 radical (unpaired) electrons. The van der Waals surface area contributed by atoms with Gasteiger partial charge in [0.15, 0.2) is 0 Å². The summed E-state index contributed by atoms with van der Waals surface area (Å²) in [5, 5.41) is 3.10.